The van der Waals surface area contributed by atoms with Gasteiger partial charge in [0.1, 0.15) is 11.9 Å². The molecular formula is C13H23N3O2. The standard InChI is InChI=1S/C13H23N3O2/c1-6-10(18-5)12-15-9(7-11(17)16-12)8-14-13(2,3)4/h7,10,14H,6,8H2,1-5H3,(H,15,16,17). The molecule has 1 aromatic heterocycles. The van der Waals surface area contributed by atoms with Crippen LogP contribution in [0.1, 0.15) is 51.7 Å². The highest BCUT2D eigenvalue weighted by atomic mass is 16.5. The van der Waals surface area contributed by atoms with Gasteiger partial charge in [0, 0.05) is 25.3 Å². The summed E-state index contributed by atoms with van der Waals surface area (Å²) in [5.41, 5.74) is 0.593. The van der Waals surface area contributed by atoms with Gasteiger partial charge in [0.25, 0.3) is 5.56 Å². The molecule has 1 heterocycles. The van der Waals surface area contributed by atoms with E-state index in [0.717, 1.165) is 12.1 Å². The Hall–Kier alpha value is -1.20. The molecule has 0 spiro atoms. The van der Waals surface area contributed by atoms with Crippen LogP contribution in [0.25, 0.3) is 0 Å². The number of aromatic nitrogens is 2. The molecule has 18 heavy (non-hydrogen) atoms. The van der Waals surface area contributed by atoms with Gasteiger partial charge in [-0.1, -0.05) is 6.92 Å². The fourth-order valence-electron chi connectivity index (χ4n) is 1.60. The Morgan fingerprint density at radius 2 is 2.17 bits per heavy atom. The Morgan fingerprint density at radius 1 is 1.50 bits per heavy atom. The first-order chi connectivity index (χ1) is 8.35. The zero-order chi connectivity index (χ0) is 13.8. The highest BCUT2D eigenvalue weighted by molar-refractivity contribution is 5.05. The van der Waals surface area contributed by atoms with Gasteiger partial charge >= 0.3 is 0 Å². The van der Waals surface area contributed by atoms with Gasteiger partial charge < -0.3 is 15.0 Å². The van der Waals surface area contributed by atoms with Crippen molar-refractivity contribution in [3.63, 3.8) is 0 Å². The molecule has 0 bridgehead atoms. The lowest BCUT2D eigenvalue weighted by Gasteiger charge is -2.20. The van der Waals surface area contributed by atoms with Crippen LogP contribution in [0.4, 0.5) is 0 Å². The lowest BCUT2D eigenvalue weighted by molar-refractivity contribution is 0.0921. The van der Waals surface area contributed by atoms with Crippen LogP contribution < -0.4 is 10.9 Å². The summed E-state index contributed by atoms with van der Waals surface area (Å²) in [5, 5.41) is 3.31. The normalized spacial score (nSPS) is 13.6. The summed E-state index contributed by atoms with van der Waals surface area (Å²) in [6.45, 7) is 8.79. The zero-order valence-electron chi connectivity index (χ0n) is 11.8. The van der Waals surface area contributed by atoms with Crippen molar-refractivity contribution in [2.24, 2.45) is 0 Å². The van der Waals surface area contributed by atoms with Crippen molar-refractivity contribution < 1.29 is 4.74 Å². The van der Waals surface area contributed by atoms with E-state index in [0.29, 0.717) is 12.4 Å². The monoisotopic (exact) mass is 253 g/mol. The smallest absolute Gasteiger partial charge is 0.251 e. The summed E-state index contributed by atoms with van der Waals surface area (Å²) in [6, 6.07) is 1.52. The van der Waals surface area contributed by atoms with Gasteiger partial charge in [0.05, 0.1) is 5.69 Å². The Labute approximate surface area is 108 Å². The van der Waals surface area contributed by atoms with Crippen LogP contribution in [0.3, 0.4) is 0 Å². The van der Waals surface area contributed by atoms with E-state index >= 15 is 0 Å². The van der Waals surface area contributed by atoms with Crippen molar-refractivity contribution in [1.82, 2.24) is 15.3 Å². The zero-order valence-corrected chi connectivity index (χ0v) is 11.8. The minimum atomic E-state index is -0.160. The molecule has 0 radical (unpaired) electrons. The van der Waals surface area contributed by atoms with Gasteiger partial charge in [-0.15, -0.1) is 0 Å². The summed E-state index contributed by atoms with van der Waals surface area (Å²) >= 11 is 0. The van der Waals surface area contributed by atoms with E-state index in [-0.39, 0.29) is 17.2 Å². The minimum Gasteiger partial charge on any atom is -0.374 e. The first-order valence-corrected chi connectivity index (χ1v) is 6.23. The van der Waals surface area contributed by atoms with Crippen LogP contribution in [0, 0.1) is 0 Å². The summed E-state index contributed by atoms with van der Waals surface area (Å²) in [7, 11) is 1.62. The van der Waals surface area contributed by atoms with Gasteiger partial charge in [-0.05, 0) is 27.2 Å². The number of methoxy groups -OCH3 is 1. The first-order valence-electron chi connectivity index (χ1n) is 6.23. The van der Waals surface area contributed by atoms with Crippen LogP contribution in [0.2, 0.25) is 0 Å². The molecule has 5 nitrogen and oxygen atoms in total. The van der Waals surface area contributed by atoms with E-state index in [1.54, 1.807) is 7.11 Å². The molecular weight excluding hydrogens is 230 g/mol. The predicted molar refractivity (Wildman–Crippen MR) is 71.5 cm³/mol. The number of rotatable bonds is 5. The van der Waals surface area contributed by atoms with Crippen molar-refractivity contribution in [1.29, 1.82) is 0 Å². The van der Waals surface area contributed by atoms with E-state index in [2.05, 4.69) is 36.1 Å². The topological polar surface area (TPSA) is 67.0 Å². The molecule has 1 rings (SSSR count). The van der Waals surface area contributed by atoms with Crippen LogP contribution in [-0.2, 0) is 11.3 Å². The SMILES string of the molecule is CCC(OC)c1nc(CNC(C)(C)C)cc(=O)[nH]1. The molecule has 0 saturated carbocycles. The van der Waals surface area contributed by atoms with Crippen molar-refractivity contribution in [3.05, 3.63) is 27.9 Å². The van der Waals surface area contributed by atoms with Gasteiger partial charge in [0.2, 0.25) is 0 Å². The molecule has 0 saturated heterocycles. The molecule has 0 aliphatic carbocycles. The Balaban J connectivity index is 2.90. The minimum absolute atomic E-state index is 0.00411. The molecule has 2 N–H and O–H groups in total. The van der Waals surface area contributed by atoms with Crippen LogP contribution in [0.15, 0.2) is 10.9 Å². The van der Waals surface area contributed by atoms with Crippen LogP contribution in [-0.4, -0.2) is 22.6 Å². The van der Waals surface area contributed by atoms with Crippen molar-refractivity contribution >= 4 is 0 Å². The van der Waals surface area contributed by atoms with Gasteiger partial charge in [-0.2, -0.15) is 0 Å². The first kappa shape index (κ1) is 14.9. The van der Waals surface area contributed by atoms with Crippen LogP contribution in [0.5, 0.6) is 0 Å². The number of nitrogens with one attached hydrogen (secondary N) is 2. The summed E-state index contributed by atoms with van der Waals surface area (Å²) < 4.78 is 5.29. The highest BCUT2D eigenvalue weighted by Gasteiger charge is 2.13. The van der Waals surface area contributed by atoms with E-state index in [9.17, 15) is 4.79 Å². The van der Waals surface area contributed by atoms with E-state index < -0.39 is 0 Å². The number of hydrogen-bond donors (Lipinski definition) is 2. The number of nitrogens with zero attached hydrogens (tertiary/aromatic N) is 1. The van der Waals surface area contributed by atoms with Gasteiger partial charge in [-0.3, -0.25) is 4.79 Å². The molecule has 0 amide bonds. The number of hydrogen-bond acceptors (Lipinski definition) is 4. The van der Waals surface area contributed by atoms with Gasteiger partial charge in [-0.25, -0.2) is 4.98 Å². The highest BCUT2D eigenvalue weighted by Crippen LogP contribution is 2.14. The molecule has 0 fully saturated rings. The number of H-pyrrole nitrogens is 1. The van der Waals surface area contributed by atoms with E-state index in [4.69, 9.17) is 4.74 Å². The quantitative estimate of drug-likeness (QED) is 0.839. The van der Waals surface area contributed by atoms with E-state index in [1.807, 2.05) is 6.92 Å². The maximum atomic E-state index is 11.6. The lowest BCUT2D eigenvalue weighted by Crippen LogP contribution is -2.35. The average molecular weight is 253 g/mol. The van der Waals surface area contributed by atoms with Gasteiger partial charge in [0.15, 0.2) is 0 Å². The average Bonchev–Trinajstić information content (AvgIpc) is 2.26. The van der Waals surface area contributed by atoms with Crippen molar-refractivity contribution in [3.8, 4) is 0 Å². The summed E-state index contributed by atoms with van der Waals surface area (Å²) in [4.78, 5) is 18.8. The lowest BCUT2D eigenvalue weighted by atomic mass is 10.1. The second kappa shape index (κ2) is 6.11. The molecule has 102 valence electrons. The third-order valence-electron chi connectivity index (χ3n) is 2.57. The third kappa shape index (κ3) is 4.58. The molecule has 5 heteroatoms. The number of aromatic amines is 1. The molecule has 1 aromatic rings. The second-order valence-corrected chi connectivity index (χ2v) is 5.36. The van der Waals surface area contributed by atoms with Crippen molar-refractivity contribution in [2.45, 2.75) is 52.3 Å². The fraction of sp³-hybridized carbons (Fsp3) is 0.692. The summed E-state index contributed by atoms with van der Waals surface area (Å²) in [5.74, 6) is 0.596. The third-order valence-corrected chi connectivity index (χ3v) is 2.57. The Bertz CT molecular complexity index is 431. The molecule has 0 aromatic carbocycles. The maximum absolute atomic E-state index is 11.6. The van der Waals surface area contributed by atoms with Crippen molar-refractivity contribution in [2.75, 3.05) is 7.11 Å². The summed E-state index contributed by atoms with van der Waals surface area (Å²) in [6.07, 6.45) is 0.613. The Kier molecular flexibility index (Phi) is 5.04. The Morgan fingerprint density at radius 3 is 2.67 bits per heavy atom. The molecule has 1 unspecified atom stereocenters. The molecule has 0 aliphatic heterocycles. The van der Waals surface area contributed by atoms with E-state index in [1.165, 1.54) is 6.07 Å². The predicted octanol–water partition coefficient (Wildman–Crippen LogP) is 1.76. The van der Waals surface area contributed by atoms with Crippen LogP contribution >= 0.6 is 0 Å². The fourth-order valence-corrected chi connectivity index (χ4v) is 1.60. The maximum Gasteiger partial charge on any atom is 0.251 e. The molecule has 0 aliphatic rings. The largest absolute Gasteiger partial charge is 0.374 e. The molecule has 1 atom stereocenters. The number of ether oxygens (including phenoxy) is 1. The second-order valence-electron chi connectivity index (χ2n) is 5.36.